The molecule has 0 fully saturated rings. The van der Waals surface area contributed by atoms with Gasteiger partial charge in [-0.3, -0.25) is 0 Å². The molecule has 0 saturated heterocycles. The summed E-state index contributed by atoms with van der Waals surface area (Å²) < 4.78 is 2.60. The van der Waals surface area contributed by atoms with Crippen LogP contribution in [0.3, 0.4) is 0 Å². The molecule has 0 aromatic carbocycles. The summed E-state index contributed by atoms with van der Waals surface area (Å²) in [4.78, 5) is 4.65. The van der Waals surface area contributed by atoms with Gasteiger partial charge < -0.3 is 0 Å². The summed E-state index contributed by atoms with van der Waals surface area (Å²) in [7, 11) is 0. The zero-order valence-corrected chi connectivity index (χ0v) is 9.23. The van der Waals surface area contributed by atoms with Crippen LogP contribution in [0.4, 0.5) is 0 Å². The summed E-state index contributed by atoms with van der Waals surface area (Å²) in [5.41, 5.74) is 0. The van der Waals surface area contributed by atoms with Gasteiger partial charge in [-0.05, 0) is 0 Å². The Morgan fingerprint density at radius 1 is 1.29 bits per heavy atom. The fourth-order valence-corrected chi connectivity index (χ4v) is 4.48. The molecule has 0 N–H and O–H groups in total. The van der Waals surface area contributed by atoms with E-state index in [9.17, 15) is 0 Å². The van der Waals surface area contributed by atoms with Crippen molar-refractivity contribution in [1.29, 1.82) is 0 Å². The fraction of sp³-hybridized carbons (Fsp3) is 1.00. The summed E-state index contributed by atoms with van der Waals surface area (Å²) in [6.07, 6.45) is 0. The van der Waals surface area contributed by atoms with Gasteiger partial charge in [-0.25, -0.2) is 0 Å². The van der Waals surface area contributed by atoms with Crippen LogP contribution < -0.4 is 43.0 Å². The van der Waals surface area contributed by atoms with Crippen molar-refractivity contribution >= 4 is 0 Å². The van der Waals surface area contributed by atoms with Gasteiger partial charge in [0.25, 0.3) is 0 Å². The Morgan fingerprint density at radius 3 is 1.71 bits per heavy atom. The zero-order valence-electron chi connectivity index (χ0n) is 4.91. The molecule has 0 aliphatic carbocycles. The van der Waals surface area contributed by atoms with Crippen molar-refractivity contribution in [3.05, 3.63) is 0 Å². The number of alkyl halides is 2. The average molecular weight is 327 g/mol. The van der Waals surface area contributed by atoms with Gasteiger partial charge in [-0.1, -0.05) is 0 Å². The molecule has 0 atom stereocenters. The van der Waals surface area contributed by atoms with Crippen LogP contribution in [0.25, 0.3) is 0 Å². The van der Waals surface area contributed by atoms with Crippen LogP contribution in [0.5, 0.6) is 0 Å². The molecule has 0 spiro atoms. The van der Waals surface area contributed by atoms with Gasteiger partial charge in [0.2, 0.25) is 0 Å². The molecule has 0 aromatic rings. The molecule has 7 heavy (non-hydrogen) atoms. The van der Waals surface area contributed by atoms with E-state index in [0.29, 0.717) is 43.0 Å². The van der Waals surface area contributed by atoms with Gasteiger partial charge in [0, 0.05) is 0 Å². The first-order chi connectivity index (χ1) is 3.35. The Balaban J connectivity index is 2.99. The predicted octanol–water partition coefficient (Wildman–Crippen LogP) is -5.42. The maximum absolute atomic E-state index is 2.60. The molecule has 0 aliphatic heterocycles. The predicted molar refractivity (Wildman–Crippen MR) is 24.2 cm³/mol. The van der Waals surface area contributed by atoms with E-state index in [1.54, 1.807) is 0 Å². The van der Waals surface area contributed by atoms with Crippen LogP contribution in [0, 0.1) is 0 Å². The SMILES string of the molecule is CCN([I-]C)[I-]C. The van der Waals surface area contributed by atoms with Crippen molar-refractivity contribution in [1.82, 2.24) is 1.33 Å². The van der Waals surface area contributed by atoms with Crippen LogP contribution in [0.2, 0.25) is 0 Å². The summed E-state index contributed by atoms with van der Waals surface area (Å²) >= 11 is 0.847. The van der Waals surface area contributed by atoms with Crippen molar-refractivity contribution < 1.29 is 43.0 Å². The Bertz CT molecular complexity index is 31.2. The molecule has 0 saturated carbocycles. The van der Waals surface area contributed by atoms with Gasteiger partial charge in [0.1, 0.15) is 0 Å². The van der Waals surface area contributed by atoms with Crippen LogP contribution >= 0.6 is 0 Å². The molecule has 48 valence electrons. The van der Waals surface area contributed by atoms with Crippen molar-refractivity contribution in [2.45, 2.75) is 6.92 Å². The van der Waals surface area contributed by atoms with Crippen molar-refractivity contribution in [3.8, 4) is 0 Å². The summed E-state index contributed by atoms with van der Waals surface area (Å²) in [5, 5.41) is 0. The fourth-order valence-electron chi connectivity index (χ4n) is 0.303. The van der Waals surface area contributed by atoms with Gasteiger partial charge in [0.15, 0.2) is 0 Å². The van der Waals surface area contributed by atoms with Crippen LogP contribution in [-0.2, 0) is 0 Å². The molecule has 0 aromatic heterocycles. The third-order valence-electron chi connectivity index (χ3n) is 0.606. The first-order valence-corrected chi connectivity index (χ1v) is 8.36. The van der Waals surface area contributed by atoms with Crippen LogP contribution in [0.15, 0.2) is 0 Å². The van der Waals surface area contributed by atoms with E-state index in [1.165, 1.54) is 6.54 Å². The summed E-state index contributed by atoms with van der Waals surface area (Å²) in [5.74, 6) is 0. The second kappa shape index (κ2) is 5.55. The maximum atomic E-state index is 2.60. The van der Waals surface area contributed by atoms with Crippen LogP contribution in [0.1, 0.15) is 6.92 Å². The second-order valence-electron chi connectivity index (χ2n) is 0.957. The Kier molecular flexibility index (Phi) is 6.68. The van der Waals surface area contributed by atoms with Gasteiger partial charge >= 0.3 is 67.6 Å². The second-order valence-corrected chi connectivity index (χ2v) is 7.06. The number of hydrogen-bond donors (Lipinski definition) is 0. The molecule has 0 radical (unpaired) electrons. The quantitative estimate of drug-likeness (QED) is 0.284. The van der Waals surface area contributed by atoms with E-state index < -0.39 is 0 Å². The molecule has 1 nitrogen and oxygen atoms in total. The van der Waals surface area contributed by atoms with Crippen molar-refractivity contribution in [2.24, 2.45) is 0 Å². The first-order valence-electron chi connectivity index (χ1n) is 2.12. The Labute approximate surface area is 67.1 Å². The molecule has 0 rings (SSSR count). The van der Waals surface area contributed by atoms with Gasteiger partial charge in [-0.2, -0.15) is 0 Å². The first kappa shape index (κ1) is 8.42. The third-order valence-corrected chi connectivity index (χ3v) is 8.96. The monoisotopic (exact) mass is 327 g/mol. The third kappa shape index (κ3) is 3.96. The summed E-state index contributed by atoms with van der Waals surface area (Å²) in [6.45, 7) is 3.53. The number of rotatable bonds is 3. The normalized spacial score (nSPS) is 11.4. The van der Waals surface area contributed by atoms with Crippen LogP contribution in [-0.4, -0.2) is 17.7 Å². The molecule has 0 aliphatic rings. The van der Waals surface area contributed by atoms with Gasteiger partial charge in [-0.15, -0.1) is 0 Å². The topological polar surface area (TPSA) is 3.24 Å². The van der Waals surface area contributed by atoms with Gasteiger partial charge in [0.05, 0.1) is 0 Å². The Hall–Kier alpha value is 1.42. The van der Waals surface area contributed by atoms with E-state index in [4.69, 9.17) is 0 Å². The average Bonchev–Trinajstić information content (AvgIpc) is 1.72. The van der Waals surface area contributed by atoms with Crippen molar-refractivity contribution in [2.75, 3.05) is 16.4 Å². The molecule has 0 bridgehead atoms. The van der Waals surface area contributed by atoms with E-state index in [1.807, 2.05) is 0 Å². The van der Waals surface area contributed by atoms with E-state index in [0.717, 1.165) is 0 Å². The minimum absolute atomic E-state index is 0.424. The minimum atomic E-state index is 0.424. The van der Waals surface area contributed by atoms with E-state index in [-0.39, 0.29) is 0 Å². The standard InChI is InChI=1S/C4H11I2N/c1-4-7(5-2)6-3/h4H2,1-3H3/q-2. The molecular formula is C4H11I2N-2. The number of nitrogens with zero attached hydrogens (tertiary/aromatic N) is 1. The molecular weight excluding hydrogens is 316 g/mol. The molecule has 3 heteroatoms. The molecule has 0 heterocycles. The zero-order chi connectivity index (χ0) is 5.70. The number of halogens is 2. The molecule has 0 amide bonds. The summed E-state index contributed by atoms with van der Waals surface area (Å²) in [6, 6.07) is 0. The number of hydrogen-bond acceptors (Lipinski definition) is 1. The molecule has 0 unspecified atom stereocenters. The van der Waals surface area contributed by atoms with E-state index >= 15 is 0 Å². The van der Waals surface area contributed by atoms with E-state index in [2.05, 4.69) is 18.1 Å². The van der Waals surface area contributed by atoms with Crippen molar-refractivity contribution in [3.63, 3.8) is 0 Å². The Morgan fingerprint density at radius 2 is 1.71 bits per heavy atom.